The first-order valence-corrected chi connectivity index (χ1v) is 55.8. The van der Waals surface area contributed by atoms with Crippen molar-refractivity contribution >= 4 is 40.7 Å². The Morgan fingerprint density at radius 3 is 0.664 bits per heavy atom. The predicted molar refractivity (Wildman–Crippen MR) is 566 cm³/mol. The predicted octanol–water partition coefficient (Wildman–Crippen LogP) is 23.9. The van der Waals surface area contributed by atoms with Gasteiger partial charge in [-0.15, -0.1) is 0 Å². The highest BCUT2D eigenvalue weighted by atomic mass is 35.5. The molecule has 18 unspecified atom stereocenters. The van der Waals surface area contributed by atoms with Crippen molar-refractivity contribution < 1.29 is 127 Å². The first-order chi connectivity index (χ1) is 65.5. The van der Waals surface area contributed by atoms with E-state index in [-0.39, 0.29) is 51.7 Å². The molecule has 27 heteroatoms. The van der Waals surface area contributed by atoms with Gasteiger partial charge >= 0.3 is 23.9 Å². The number of halogens is 1. The van der Waals surface area contributed by atoms with Gasteiger partial charge in [0.1, 0.15) is 12.2 Å². The summed E-state index contributed by atoms with van der Waals surface area (Å²) < 4.78 is 56.8. The molecular formula is C113H223ClO26. The van der Waals surface area contributed by atoms with Crippen LogP contribution in [0.15, 0.2) is 0 Å². The van der Waals surface area contributed by atoms with Crippen molar-refractivity contribution in [3.8, 4) is 0 Å². The molecule has 0 aromatic heterocycles. The second-order valence-electron chi connectivity index (χ2n) is 46.0. The van der Waals surface area contributed by atoms with Crippen LogP contribution in [0.5, 0.6) is 0 Å². The lowest BCUT2D eigenvalue weighted by atomic mass is 9.91. The van der Waals surface area contributed by atoms with E-state index in [9.17, 15) is 24.0 Å². The Labute approximate surface area is 860 Å². The Hall–Kier alpha value is -2.84. The molecule has 4 saturated heterocycles. The molecule has 0 spiro atoms. The maximum absolute atomic E-state index is 12.0. The standard InChI is InChI=1S/C26H50O4.2C23H46O4.C20H42O.C6H9ClO3.C6H10O4.C6H12O3.C3H8O3/c1-20(2)11-8-12-21(3)13-9-14-22(4)15-10-16-23(5)17-18-28-25(27)24-19-29-26(6,7)30-24;2*1-18(2)9-6-10-19(3)11-7-12-20(4)13-8-14-21(5)15-16-27-23(26)22(25)17-24;1-17(2)9-6-10-18(3)11-7-12-19(4)13-8-14-20(5)15-16-21;2*1-6(2)9-3-4(10-6)5(7)8;1-6(2)8-4-5(3-7)9-6;4-1-3(6)2-5/h20-24H,8-19H2,1-7H3;2*18-22,24-25H,6-17H2,1-5H3;17-21H,6-16H2,1-5H3;4H,3H2,1-2H3;4H,3H2,1-2H3,(H,7,8);5,7H,3-4H2,1-2H3;3-6H,1-2H2. The number of carboxylic acids is 1. The zero-order valence-electron chi connectivity index (χ0n) is 94.6. The number of esters is 3. The summed E-state index contributed by atoms with van der Waals surface area (Å²) in [5.41, 5.74) is 0. The van der Waals surface area contributed by atoms with Crippen LogP contribution in [0.2, 0.25) is 0 Å². The second-order valence-corrected chi connectivity index (χ2v) is 46.4. The van der Waals surface area contributed by atoms with Gasteiger partial charge in [0.05, 0.1) is 79.3 Å². The summed E-state index contributed by atoms with van der Waals surface area (Å²) in [7, 11) is 0. The topological polar surface area (TPSA) is 389 Å². The number of hydrogen-bond acceptors (Lipinski definition) is 25. The molecular weight excluding hydrogens is 1810 g/mol. The first-order valence-electron chi connectivity index (χ1n) is 55.4. The highest BCUT2D eigenvalue weighted by Crippen LogP contribution is 2.32. The summed E-state index contributed by atoms with van der Waals surface area (Å²) in [5, 5.41) is 85.1. The summed E-state index contributed by atoms with van der Waals surface area (Å²) in [6.07, 6.45) is 45.8. The zero-order chi connectivity index (χ0) is 107. The van der Waals surface area contributed by atoms with Gasteiger partial charge < -0.3 is 103 Å². The van der Waals surface area contributed by atoms with Crippen LogP contribution in [0.1, 0.15) is 451 Å². The molecule has 4 fully saturated rings. The van der Waals surface area contributed by atoms with E-state index in [2.05, 4.69) is 138 Å². The Bertz CT molecular complexity index is 2780. The summed E-state index contributed by atoms with van der Waals surface area (Å²) in [4.78, 5) is 55.3. The molecule has 0 bridgehead atoms. The number of rotatable bonds is 69. The van der Waals surface area contributed by atoms with Gasteiger partial charge in [0.2, 0.25) is 0 Å². The molecule has 0 aliphatic carbocycles. The lowest BCUT2D eigenvalue weighted by molar-refractivity contribution is -0.170. The van der Waals surface area contributed by atoms with E-state index in [0.717, 1.165) is 110 Å². The van der Waals surface area contributed by atoms with E-state index < -0.39 is 96.1 Å². The summed E-state index contributed by atoms with van der Waals surface area (Å²) in [5.74, 6) is 7.21. The Balaban J connectivity index is -0.000000789. The fraction of sp³-hybridized carbons (Fsp3) is 0.956. The highest BCUT2D eigenvalue weighted by Gasteiger charge is 2.40. The average Bonchev–Trinajstić information content (AvgIpc) is 1.72. The molecule has 10 N–H and O–H groups in total. The number of ether oxygens (including phenoxy) is 11. The molecule has 0 aromatic carbocycles. The lowest BCUT2D eigenvalue weighted by Crippen LogP contribution is -2.29. The average molecular weight is 2030 g/mol. The Kier molecular flexibility index (Phi) is 89.0. The number of aliphatic hydroxyl groups is 9. The van der Waals surface area contributed by atoms with E-state index in [1.807, 2.05) is 27.7 Å². The van der Waals surface area contributed by atoms with Crippen LogP contribution in [-0.2, 0) is 76.1 Å². The SMILES string of the molecule is CC(C)CCCC(C)CCCC(C)CCCC(C)CCO.CC(C)CCCC(C)CCCC(C)CCCC(C)CCOC(=O)C(O)CO.CC(C)CCCC(C)CCCC(C)CCCC(C)CCOC(=O)C(O)CO.CC(C)CCCC(C)CCCC(C)CCCC(C)CCOC(=O)C1COC(C)(C)O1.CC1(C)OCC(C(=O)Cl)O1.CC1(C)OCC(C(=O)O)O1.CC1(C)OCC(CO)O1.OCC(O)CO. The Morgan fingerprint density at radius 1 is 0.286 bits per heavy atom. The van der Waals surface area contributed by atoms with Gasteiger partial charge in [0, 0.05) is 6.61 Å². The molecule has 4 aliphatic heterocycles. The smallest absolute Gasteiger partial charge is 0.337 e. The van der Waals surface area contributed by atoms with E-state index in [4.69, 9.17) is 115 Å². The number of carbonyl (C=O) groups is 5. The van der Waals surface area contributed by atoms with Crippen molar-refractivity contribution in [2.75, 3.05) is 85.9 Å². The highest BCUT2D eigenvalue weighted by molar-refractivity contribution is 6.64. The summed E-state index contributed by atoms with van der Waals surface area (Å²) >= 11 is 5.17. The third-order valence-corrected chi connectivity index (χ3v) is 26.9. The van der Waals surface area contributed by atoms with Crippen LogP contribution in [0.3, 0.4) is 0 Å². The second kappa shape index (κ2) is 86.9. The van der Waals surface area contributed by atoms with Gasteiger partial charge in [-0.1, -0.05) is 370 Å². The third-order valence-electron chi connectivity index (χ3n) is 26.7. The van der Waals surface area contributed by atoms with Gasteiger partial charge in [-0.25, -0.2) is 19.2 Å². The van der Waals surface area contributed by atoms with Crippen LogP contribution in [0, 0.1) is 94.7 Å². The zero-order valence-corrected chi connectivity index (χ0v) is 95.4. The normalized spacial score (nSPS) is 20.2. The lowest BCUT2D eigenvalue weighted by Gasteiger charge is -2.17. The minimum Gasteiger partial charge on any atom is -0.479 e. The molecule has 18 atom stereocenters. The largest absolute Gasteiger partial charge is 0.479 e. The third kappa shape index (κ3) is 90.3. The van der Waals surface area contributed by atoms with Crippen LogP contribution in [-0.4, -0.2) is 232 Å². The minimum absolute atomic E-state index is 0.0451. The van der Waals surface area contributed by atoms with Crippen LogP contribution in [0.25, 0.3) is 0 Å². The fourth-order valence-corrected chi connectivity index (χ4v) is 16.9. The van der Waals surface area contributed by atoms with Crippen LogP contribution >= 0.6 is 11.6 Å². The van der Waals surface area contributed by atoms with E-state index in [1.54, 1.807) is 27.7 Å². The van der Waals surface area contributed by atoms with Crippen molar-refractivity contribution in [1.82, 2.24) is 0 Å². The van der Waals surface area contributed by atoms with Gasteiger partial charge in [-0.2, -0.15) is 0 Å². The molecule has 140 heavy (non-hydrogen) atoms. The van der Waals surface area contributed by atoms with Crippen molar-refractivity contribution in [2.24, 2.45) is 94.7 Å². The van der Waals surface area contributed by atoms with Gasteiger partial charge in [0.25, 0.3) is 5.24 Å². The maximum Gasteiger partial charge on any atom is 0.337 e. The van der Waals surface area contributed by atoms with E-state index >= 15 is 0 Å². The number of hydrogen-bond donors (Lipinski definition) is 10. The molecule has 26 nitrogen and oxygen atoms in total. The van der Waals surface area contributed by atoms with Crippen molar-refractivity contribution in [3.63, 3.8) is 0 Å². The minimum atomic E-state index is -1.40. The first kappa shape index (κ1) is 143. The molecule has 4 rings (SSSR count). The fourth-order valence-electron chi connectivity index (χ4n) is 16.8. The molecule has 0 saturated carbocycles. The van der Waals surface area contributed by atoms with Crippen LogP contribution < -0.4 is 0 Å². The molecule has 0 aromatic rings. The summed E-state index contributed by atoms with van der Waals surface area (Å²) in [6.45, 7) is 61.6. The van der Waals surface area contributed by atoms with E-state index in [1.165, 1.54) is 218 Å². The molecule has 4 aliphatic rings. The van der Waals surface area contributed by atoms with Gasteiger partial charge in [-0.05, 0) is 187 Å². The van der Waals surface area contributed by atoms with Crippen LogP contribution in [0.4, 0.5) is 0 Å². The van der Waals surface area contributed by atoms with Gasteiger partial charge in [0.15, 0.2) is 53.7 Å². The van der Waals surface area contributed by atoms with Crippen molar-refractivity contribution in [3.05, 3.63) is 0 Å². The summed E-state index contributed by atoms with van der Waals surface area (Å²) in [6, 6.07) is 0. The molecule has 4 heterocycles. The molecule has 838 valence electrons. The number of carbonyl (C=O) groups excluding carboxylic acids is 4. The monoisotopic (exact) mass is 2030 g/mol. The Morgan fingerprint density at radius 2 is 0.500 bits per heavy atom. The molecule has 0 amide bonds. The van der Waals surface area contributed by atoms with Gasteiger partial charge in [-0.3, -0.25) is 4.79 Å². The number of carboxylic acid groups (broad SMARTS) is 1. The van der Waals surface area contributed by atoms with E-state index in [0.29, 0.717) is 56.7 Å². The van der Waals surface area contributed by atoms with Crippen molar-refractivity contribution in [1.29, 1.82) is 0 Å². The number of aliphatic carboxylic acids is 1. The maximum atomic E-state index is 12.0. The quantitative estimate of drug-likeness (QED) is 0.0154. The number of aliphatic hydroxyl groups excluding tert-OH is 9. The van der Waals surface area contributed by atoms with Crippen molar-refractivity contribution in [2.45, 2.75) is 517 Å². The molecule has 0 radical (unpaired) electrons.